The third kappa shape index (κ3) is 2.33. The highest BCUT2D eigenvalue weighted by Gasteiger charge is 2.14. The molecule has 0 aromatic carbocycles. The van der Waals surface area contributed by atoms with Crippen molar-refractivity contribution in [3.8, 4) is 23.1 Å². The lowest BCUT2D eigenvalue weighted by molar-refractivity contribution is 0.430. The zero-order valence-electron chi connectivity index (χ0n) is 9.97. The van der Waals surface area contributed by atoms with E-state index >= 15 is 0 Å². The molecule has 0 aliphatic carbocycles. The van der Waals surface area contributed by atoms with Crippen molar-refractivity contribution in [3.05, 3.63) is 30.6 Å². The second kappa shape index (κ2) is 4.94. The number of rotatable bonds is 4. The van der Waals surface area contributed by atoms with Crippen LogP contribution >= 0.6 is 0 Å². The van der Waals surface area contributed by atoms with E-state index in [1.54, 1.807) is 23.1 Å². The largest absolute Gasteiger partial charge is 0.332 e. The van der Waals surface area contributed by atoms with Crippen LogP contribution in [0.1, 0.15) is 0 Å². The Morgan fingerprint density at radius 1 is 1.26 bits per heavy atom. The summed E-state index contributed by atoms with van der Waals surface area (Å²) >= 11 is 0. The molecule has 96 valence electrons. The first-order valence-corrected chi connectivity index (χ1v) is 5.72. The molecule has 2 N–H and O–H groups in total. The van der Waals surface area contributed by atoms with Gasteiger partial charge in [0.1, 0.15) is 5.69 Å². The van der Waals surface area contributed by atoms with Gasteiger partial charge in [-0.2, -0.15) is 4.98 Å². The molecule has 0 unspecified atom stereocenters. The molecule has 8 heteroatoms. The van der Waals surface area contributed by atoms with Gasteiger partial charge in [-0.1, -0.05) is 16.4 Å². The molecule has 0 bridgehead atoms. The normalized spacial score (nSPS) is 10.8. The van der Waals surface area contributed by atoms with Gasteiger partial charge in [0.05, 0.1) is 12.7 Å². The third-order valence-electron chi connectivity index (χ3n) is 2.44. The van der Waals surface area contributed by atoms with Crippen LogP contribution in [0.5, 0.6) is 0 Å². The highest BCUT2D eigenvalue weighted by molar-refractivity contribution is 5.52. The molecule has 3 aromatic rings. The lowest BCUT2D eigenvalue weighted by atomic mass is 10.3. The monoisotopic (exact) mass is 257 g/mol. The molecule has 0 saturated carbocycles. The maximum atomic E-state index is 5.44. The van der Waals surface area contributed by atoms with E-state index in [0.717, 1.165) is 0 Å². The molecule has 8 nitrogen and oxygen atoms in total. The van der Waals surface area contributed by atoms with E-state index in [0.29, 0.717) is 36.2 Å². The summed E-state index contributed by atoms with van der Waals surface area (Å²) in [5, 5.41) is 11.7. The summed E-state index contributed by atoms with van der Waals surface area (Å²) in [6, 6.07) is 5.48. The summed E-state index contributed by atoms with van der Waals surface area (Å²) < 4.78 is 6.77. The van der Waals surface area contributed by atoms with Crippen molar-refractivity contribution >= 4 is 0 Å². The minimum Gasteiger partial charge on any atom is -0.332 e. The highest BCUT2D eigenvalue weighted by Crippen LogP contribution is 2.18. The number of pyridine rings is 1. The van der Waals surface area contributed by atoms with Crippen LogP contribution in [0, 0.1) is 0 Å². The van der Waals surface area contributed by atoms with Gasteiger partial charge >= 0.3 is 0 Å². The molecule has 3 heterocycles. The van der Waals surface area contributed by atoms with Gasteiger partial charge in [-0.25, -0.2) is 0 Å². The molecular formula is C11H11N7O. The first-order valence-electron chi connectivity index (χ1n) is 5.72. The lowest BCUT2D eigenvalue weighted by Gasteiger charge is -1.91. The van der Waals surface area contributed by atoms with E-state index < -0.39 is 0 Å². The van der Waals surface area contributed by atoms with Gasteiger partial charge in [0.25, 0.3) is 5.89 Å². The van der Waals surface area contributed by atoms with Crippen molar-refractivity contribution in [3.63, 3.8) is 0 Å². The number of nitrogens with zero attached hydrogens (tertiary/aromatic N) is 6. The minimum atomic E-state index is 0.309. The lowest BCUT2D eigenvalue weighted by Crippen LogP contribution is -2.10. The molecule has 0 fully saturated rings. The zero-order valence-corrected chi connectivity index (χ0v) is 9.97. The van der Waals surface area contributed by atoms with Crippen molar-refractivity contribution in [1.82, 2.24) is 30.1 Å². The maximum absolute atomic E-state index is 5.44. The zero-order chi connectivity index (χ0) is 13.1. The Morgan fingerprint density at radius 3 is 3.00 bits per heavy atom. The SMILES string of the molecule is NCCn1cc(-c2nc(-c3ccccn3)no2)nn1. The summed E-state index contributed by atoms with van der Waals surface area (Å²) in [5.41, 5.74) is 6.60. The van der Waals surface area contributed by atoms with Gasteiger partial charge in [0.2, 0.25) is 5.82 Å². The van der Waals surface area contributed by atoms with Crippen molar-refractivity contribution in [2.45, 2.75) is 6.54 Å². The average molecular weight is 257 g/mol. The van der Waals surface area contributed by atoms with E-state index in [1.807, 2.05) is 12.1 Å². The molecule has 3 rings (SSSR count). The predicted molar refractivity (Wildman–Crippen MR) is 65.6 cm³/mol. The average Bonchev–Trinajstić information content (AvgIpc) is 3.08. The predicted octanol–water partition coefficient (Wildman–Crippen LogP) is 0.349. The van der Waals surface area contributed by atoms with E-state index in [2.05, 4.69) is 25.4 Å². The number of hydrogen-bond donors (Lipinski definition) is 1. The fourth-order valence-corrected chi connectivity index (χ4v) is 1.56. The first-order chi connectivity index (χ1) is 9.36. The van der Waals surface area contributed by atoms with Crippen molar-refractivity contribution in [2.75, 3.05) is 6.54 Å². The van der Waals surface area contributed by atoms with Crippen LogP contribution in [0.2, 0.25) is 0 Å². The van der Waals surface area contributed by atoms with Crippen molar-refractivity contribution in [1.29, 1.82) is 0 Å². The van der Waals surface area contributed by atoms with Crippen LogP contribution in [0.3, 0.4) is 0 Å². The fourth-order valence-electron chi connectivity index (χ4n) is 1.56. The van der Waals surface area contributed by atoms with E-state index in [4.69, 9.17) is 10.3 Å². The molecule has 0 aliphatic rings. The topological polar surface area (TPSA) is 109 Å². The Bertz CT molecular complexity index is 661. The summed E-state index contributed by atoms with van der Waals surface area (Å²) in [6.07, 6.45) is 3.38. The molecule has 3 aromatic heterocycles. The van der Waals surface area contributed by atoms with Crippen LogP contribution in [-0.2, 0) is 6.54 Å². The first kappa shape index (κ1) is 11.5. The van der Waals surface area contributed by atoms with Crippen LogP contribution < -0.4 is 5.73 Å². The summed E-state index contributed by atoms with van der Waals surface area (Å²) in [6.45, 7) is 1.08. The molecule has 0 spiro atoms. The molecule has 19 heavy (non-hydrogen) atoms. The van der Waals surface area contributed by atoms with Gasteiger partial charge in [0.15, 0.2) is 5.69 Å². The Hall–Kier alpha value is -2.61. The Balaban J connectivity index is 1.88. The Labute approximate surface area is 108 Å². The van der Waals surface area contributed by atoms with Gasteiger partial charge in [-0.15, -0.1) is 5.10 Å². The molecule has 0 amide bonds. The number of nitrogens with two attached hydrogens (primary N) is 1. The fraction of sp³-hybridized carbons (Fsp3) is 0.182. The van der Waals surface area contributed by atoms with Crippen molar-refractivity contribution < 1.29 is 4.52 Å². The Morgan fingerprint density at radius 2 is 2.21 bits per heavy atom. The summed E-state index contributed by atoms with van der Waals surface area (Å²) in [4.78, 5) is 8.38. The van der Waals surface area contributed by atoms with E-state index in [9.17, 15) is 0 Å². The van der Waals surface area contributed by atoms with Crippen LogP contribution in [0.4, 0.5) is 0 Å². The molecule has 0 atom stereocenters. The van der Waals surface area contributed by atoms with Crippen LogP contribution in [0.25, 0.3) is 23.1 Å². The maximum Gasteiger partial charge on any atom is 0.280 e. The van der Waals surface area contributed by atoms with Gasteiger partial charge in [0, 0.05) is 12.7 Å². The second-order valence-corrected chi connectivity index (χ2v) is 3.79. The minimum absolute atomic E-state index is 0.309. The summed E-state index contributed by atoms with van der Waals surface area (Å²) in [7, 11) is 0. The van der Waals surface area contributed by atoms with E-state index in [-0.39, 0.29) is 0 Å². The molecular weight excluding hydrogens is 246 g/mol. The quantitative estimate of drug-likeness (QED) is 0.718. The molecule has 0 aliphatic heterocycles. The van der Waals surface area contributed by atoms with Crippen molar-refractivity contribution in [2.24, 2.45) is 5.73 Å². The van der Waals surface area contributed by atoms with Gasteiger partial charge in [-0.3, -0.25) is 9.67 Å². The third-order valence-corrected chi connectivity index (χ3v) is 2.44. The molecule has 0 radical (unpaired) electrons. The second-order valence-electron chi connectivity index (χ2n) is 3.79. The number of hydrogen-bond acceptors (Lipinski definition) is 7. The van der Waals surface area contributed by atoms with Gasteiger partial charge in [-0.05, 0) is 12.1 Å². The smallest absolute Gasteiger partial charge is 0.280 e. The van der Waals surface area contributed by atoms with Crippen LogP contribution in [-0.4, -0.2) is 36.7 Å². The standard InChI is InChI=1S/C11H11N7O/c12-4-6-18-7-9(15-17-18)11-14-10(16-19-11)8-3-1-2-5-13-8/h1-3,5,7H,4,6,12H2. The van der Waals surface area contributed by atoms with E-state index in [1.165, 1.54) is 0 Å². The van der Waals surface area contributed by atoms with Gasteiger partial charge < -0.3 is 10.3 Å². The highest BCUT2D eigenvalue weighted by atomic mass is 16.5. The number of aromatic nitrogens is 6. The summed E-state index contributed by atoms with van der Waals surface area (Å²) in [5.74, 6) is 0.730. The Kier molecular flexibility index (Phi) is 2.99. The molecule has 0 saturated heterocycles. The van der Waals surface area contributed by atoms with Crippen LogP contribution in [0.15, 0.2) is 35.1 Å².